The summed E-state index contributed by atoms with van der Waals surface area (Å²) >= 11 is 5.96. The Morgan fingerprint density at radius 2 is 2.38 bits per heavy atom. The average molecular weight is 239 g/mol. The first kappa shape index (κ1) is 11.9. The molecule has 88 valence electrons. The van der Waals surface area contributed by atoms with Crippen LogP contribution in [0.1, 0.15) is 30.5 Å². The van der Waals surface area contributed by atoms with E-state index in [1.54, 1.807) is 0 Å². The lowest BCUT2D eigenvalue weighted by Crippen LogP contribution is -2.33. The number of aromatic nitrogens is 1. The van der Waals surface area contributed by atoms with E-state index in [-0.39, 0.29) is 0 Å². The van der Waals surface area contributed by atoms with Gasteiger partial charge >= 0.3 is 0 Å². The minimum Gasteiger partial charge on any atom is -0.308 e. The fourth-order valence-corrected chi connectivity index (χ4v) is 2.79. The van der Waals surface area contributed by atoms with Gasteiger partial charge in [0.25, 0.3) is 0 Å². The van der Waals surface area contributed by atoms with E-state index in [1.807, 2.05) is 12.3 Å². The van der Waals surface area contributed by atoms with Gasteiger partial charge in [0.1, 0.15) is 0 Å². The van der Waals surface area contributed by atoms with E-state index in [1.165, 1.54) is 24.8 Å². The summed E-state index contributed by atoms with van der Waals surface area (Å²) in [7, 11) is 0. The molecule has 1 aliphatic carbocycles. The van der Waals surface area contributed by atoms with Crippen molar-refractivity contribution in [3.8, 4) is 0 Å². The number of halogens is 1. The number of nitrogens with one attached hydrogen (secondary N) is 1. The Labute approximate surface area is 102 Å². The summed E-state index contributed by atoms with van der Waals surface area (Å²) in [4.78, 5) is 4.39. The van der Waals surface area contributed by atoms with Crippen LogP contribution in [0.25, 0.3) is 0 Å². The Morgan fingerprint density at radius 3 is 3.12 bits per heavy atom. The van der Waals surface area contributed by atoms with Gasteiger partial charge in [-0.1, -0.05) is 12.5 Å². The summed E-state index contributed by atoms with van der Waals surface area (Å²) in [5.74, 6) is 1.42. The highest BCUT2D eigenvalue weighted by molar-refractivity contribution is 6.18. The van der Waals surface area contributed by atoms with Crippen molar-refractivity contribution in [3.63, 3.8) is 0 Å². The largest absolute Gasteiger partial charge is 0.308 e. The number of rotatable bonds is 4. The Kier molecular flexibility index (Phi) is 4.19. The Bertz CT molecular complexity index is 340. The summed E-state index contributed by atoms with van der Waals surface area (Å²) in [5, 5.41) is 3.59. The predicted molar refractivity (Wildman–Crippen MR) is 67.7 cm³/mol. The number of nitrogens with zero attached hydrogens (tertiary/aromatic N) is 1. The molecule has 0 aromatic carbocycles. The molecular weight excluding hydrogens is 220 g/mol. The van der Waals surface area contributed by atoms with E-state index in [4.69, 9.17) is 11.6 Å². The van der Waals surface area contributed by atoms with Gasteiger partial charge in [-0.05, 0) is 37.3 Å². The molecule has 2 rings (SSSR count). The molecule has 3 heteroatoms. The van der Waals surface area contributed by atoms with Crippen LogP contribution in [0, 0.1) is 12.8 Å². The lowest BCUT2D eigenvalue weighted by atomic mass is 10.1. The smallest absolute Gasteiger partial charge is 0.0570 e. The van der Waals surface area contributed by atoms with Crippen molar-refractivity contribution in [1.82, 2.24) is 10.3 Å². The molecule has 2 atom stereocenters. The van der Waals surface area contributed by atoms with Crippen LogP contribution in [0.4, 0.5) is 0 Å². The summed E-state index contributed by atoms with van der Waals surface area (Å²) in [5.41, 5.74) is 2.41. The van der Waals surface area contributed by atoms with Crippen molar-refractivity contribution in [2.75, 3.05) is 5.88 Å². The van der Waals surface area contributed by atoms with E-state index in [9.17, 15) is 0 Å². The Morgan fingerprint density at radius 1 is 1.50 bits per heavy atom. The highest BCUT2D eigenvalue weighted by Crippen LogP contribution is 2.26. The van der Waals surface area contributed by atoms with Crippen LogP contribution >= 0.6 is 11.6 Å². The van der Waals surface area contributed by atoms with Crippen molar-refractivity contribution >= 4 is 11.6 Å². The molecule has 1 fully saturated rings. The number of aryl methyl sites for hydroxylation is 1. The van der Waals surface area contributed by atoms with E-state index < -0.39 is 0 Å². The van der Waals surface area contributed by atoms with E-state index in [2.05, 4.69) is 23.3 Å². The molecule has 1 saturated carbocycles. The minimum atomic E-state index is 0.582. The normalized spacial score (nSPS) is 24.9. The number of alkyl halides is 1. The van der Waals surface area contributed by atoms with Crippen molar-refractivity contribution in [2.45, 2.75) is 38.8 Å². The van der Waals surface area contributed by atoms with Crippen molar-refractivity contribution < 1.29 is 0 Å². The molecule has 1 heterocycles. The molecule has 1 aromatic heterocycles. The van der Waals surface area contributed by atoms with E-state index in [0.29, 0.717) is 12.0 Å². The Balaban J connectivity index is 1.90. The fraction of sp³-hybridized carbons (Fsp3) is 0.615. The molecular formula is C13H19ClN2. The summed E-state index contributed by atoms with van der Waals surface area (Å²) < 4.78 is 0. The monoisotopic (exact) mass is 238 g/mol. The topological polar surface area (TPSA) is 24.9 Å². The third-order valence-corrected chi connectivity index (χ3v) is 3.90. The predicted octanol–water partition coefficient (Wildman–Crippen LogP) is 2.89. The molecule has 1 N–H and O–H groups in total. The molecule has 0 spiro atoms. The van der Waals surface area contributed by atoms with Gasteiger partial charge in [-0.15, -0.1) is 11.6 Å². The molecule has 0 saturated heterocycles. The third kappa shape index (κ3) is 2.74. The van der Waals surface area contributed by atoms with Gasteiger partial charge in [0.05, 0.1) is 5.69 Å². The third-order valence-electron chi connectivity index (χ3n) is 3.51. The van der Waals surface area contributed by atoms with E-state index in [0.717, 1.165) is 18.1 Å². The molecule has 1 aliphatic rings. The van der Waals surface area contributed by atoms with Crippen LogP contribution in [0.3, 0.4) is 0 Å². The first-order chi connectivity index (χ1) is 7.81. The summed E-state index contributed by atoms with van der Waals surface area (Å²) in [6.45, 7) is 2.97. The average Bonchev–Trinajstić information content (AvgIpc) is 2.75. The molecule has 2 unspecified atom stereocenters. The van der Waals surface area contributed by atoms with Gasteiger partial charge in [-0.2, -0.15) is 0 Å². The van der Waals surface area contributed by atoms with Crippen molar-refractivity contribution in [1.29, 1.82) is 0 Å². The standard InChI is InChI=1S/C13H19ClN2/c1-10-4-3-7-15-13(10)9-16-12-6-2-5-11(12)8-14/h3-4,7,11-12,16H,2,5-6,8-9H2,1H3. The summed E-state index contributed by atoms with van der Waals surface area (Å²) in [6, 6.07) is 4.67. The van der Waals surface area contributed by atoms with Crippen LogP contribution in [0.5, 0.6) is 0 Å². The number of hydrogen-bond acceptors (Lipinski definition) is 2. The van der Waals surface area contributed by atoms with Gasteiger partial charge in [0.15, 0.2) is 0 Å². The van der Waals surface area contributed by atoms with Crippen LogP contribution in [0.15, 0.2) is 18.3 Å². The highest BCUT2D eigenvalue weighted by Gasteiger charge is 2.25. The first-order valence-corrected chi connectivity index (χ1v) is 6.54. The highest BCUT2D eigenvalue weighted by atomic mass is 35.5. The zero-order valence-electron chi connectivity index (χ0n) is 9.75. The molecule has 16 heavy (non-hydrogen) atoms. The molecule has 0 bridgehead atoms. The Hall–Kier alpha value is -0.600. The van der Waals surface area contributed by atoms with E-state index >= 15 is 0 Å². The second kappa shape index (κ2) is 5.65. The second-order valence-corrected chi connectivity index (χ2v) is 4.91. The van der Waals surface area contributed by atoms with Crippen molar-refractivity contribution in [2.24, 2.45) is 5.92 Å². The minimum absolute atomic E-state index is 0.582. The lowest BCUT2D eigenvalue weighted by Gasteiger charge is -2.19. The maximum Gasteiger partial charge on any atom is 0.0570 e. The van der Waals surface area contributed by atoms with Crippen LogP contribution < -0.4 is 5.32 Å². The van der Waals surface area contributed by atoms with Crippen molar-refractivity contribution in [3.05, 3.63) is 29.6 Å². The maximum atomic E-state index is 5.96. The van der Waals surface area contributed by atoms with Gasteiger partial charge in [-0.25, -0.2) is 0 Å². The van der Waals surface area contributed by atoms with Gasteiger partial charge in [-0.3, -0.25) is 4.98 Å². The molecule has 2 nitrogen and oxygen atoms in total. The fourth-order valence-electron chi connectivity index (χ4n) is 2.42. The number of pyridine rings is 1. The molecule has 0 aliphatic heterocycles. The lowest BCUT2D eigenvalue weighted by molar-refractivity contribution is 0.427. The van der Waals surface area contributed by atoms with Crippen LogP contribution in [-0.4, -0.2) is 16.9 Å². The molecule has 1 aromatic rings. The van der Waals surface area contributed by atoms with Gasteiger partial charge in [0.2, 0.25) is 0 Å². The van der Waals surface area contributed by atoms with Gasteiger partial charge in [0, 0.05) is 24.7 Å². The SMILES string of the molecule is Cc1cccnc1CNC1CCCC1CCl. The quantitative estimate of drug-likeness (QED) is 0.816. The second-order valence-electron chi connectivity index (χ2n) is 4.60. The first-order valence-electron chi connectivity index (χ1n) is 6.01. The van der Waals surface area contributed by atoms with Crippen LogP contribution in [-0.2, 0) is 6.54 Å². The number of hydrogen-bond donors (Lipinski definition) is 1. The zero-order valence-corrected chi connectivity index (χ0v) is 10.5. The maximum absolute atomic E-state index is 5.96. The zero-order chi connectivity index (χ0) is 11.4. The van der Waals surface area contributed by atoms with Crippen LogP contribution in [0.2, 0.25) is 0 Å². The molecule has 0 radical (unpaired) electrons. The molecule has 0 amide bonds. The van der Waals surface area contributed by atoms with Gasteiger partial charge < -0.3 is 5.32 Å². The summed E-state index contributed by atoms with van der Waals surface area (Å²) in [6.07, 6.45) is 5.68.